The van der Waals surface area contributed by atoms with E-state index in [0.717, 1.165) is 29.8 Å². The summed E-state index contributed by atoms with van der Waals surface area (Å²) in [5, 5.41) is 8.77. The molecule has 0 saturated heterocycles. The van der Waals surface area contributed by atoms with Gasteiger partial charge >= 0.3 is 5.97 Å². The predicted octanol–water partition coefficient (Wildman–Crippen LogP) is 3.58. The maximum absolute atomic E-state index is 10.7. The van der Waals surface area contributed by atoms with Crippen LogP contribution in [-0.4, -0.2) is 23.4 Å². The highest BCUT2D eigenvalue weighted by molar-refractivity contribution is 5.97. The molecule has 23 heavy (non-hydrogen) atoms. The van der Waals surface area contributed by atoms with Crippen LogP contribution >= 0.6 is 0 Å². The molecule has 0 aromatic heterocycles. The molecule has 1 N–H and O–H groups in total. The standard InChI is InChI=1S/C19H17NO3/c21-19(22)13-23-18-9-5-4-8-16(18)17-11-10-15(20-17)12-14-6-2-1-3-7-14/h1-9,11H,10,12-13H2,(H,21,22). The van der Waals surface area contributed by atoms with Crippen molar-refractivity contribution in [1.29, 1.82) is 0 Å². The molecule has 4 heteroatoms. The molecule has 1 heterocycles. The Balaban J connectivity index is 1.76. The molecule has 1 aliphatic heterocycles. The Morgan fingerprint density at radius 2 is 1.83 bits per heavy atom. The molecular weight excluding hydrogens is 290 g/mol. The topological polar surface area (TPSA) is 58.9 Å². The summed E-state index contributed by atoms with van der Waals surface area (Å²) in [6.07, 6.45) is 3.68. The number of carbonyl (C=O) groups is 1. The van der Waals surface area contributed by atoms with Crippen LogP contribution in [-0.2, 0) is 11.2 Å². The van der Waals surface area contributed by atoms with Gasteiger partial charge in [-0.15, -0.1) is 0 Å². The lowest BCUT2D eigenvalue weighted by Crippen LogP contribution is -2.10. The summed E-state index contributed by atoms with van der Waals surface area (Å²) in [4.78, 5) is 15.4. The number of aliphatic carboxylic acids is 1. The largest absolute Gasteiger partial charge is 0.481 e. The Morgan fingerprint density at radius 3 is 2.61 bits per heavy atom. The van der Waals surface area contributed by atoms with Crippen LogP contribution in [0.3, 0.4) is 0 Å². The third-order valence-electron chi connectivity index (χ3n) is 3.57. The summed E-state index contributed by atoms with van der Waals surface area (Å²) in [7, 11) is 0. The Hall–Kier alpha value is -2.88. The van der Waals surface area contributed by atoms with Crippen molar-refractivity contribution in [3.8, 4) is 5.75 Å². The van der Waals surface area contributed by atoms with Crippen molar-refractivity contribution in [3.05, 3.63) is 71.8 Å². The number of nitrogens with zero attached hydrogens (tertiary/aromatic N) is 1. The van der Waals surface area contributed by atoms with Gasteiger partial charge in [0.25, 0.3) is 0 Å². The number of hydrogen-bond donors (Lipinski definition) is 1. The average Bonchev–Trinajstić information content (AvgIpc) is 3.02. The molecule has 0 atom stereocenters. The van der Waals surface area contributed by atoms with Gasteiger partial charge < -0.3 is 9.84 Å². The van der Waals surface area contributed by atoms with Crippen molar-refractivity contribution < 1.29 is 14.6 Å². The van der Waals surface area contributed by atoms with Crippen LogP contribution in [0.15, 0.2) is 65.7 Å². The highest BCUT2D eigenvalue weighted by Gasteiger charge is 2.15. The summed E-state index contributed by atoms with van der Waals surface area (Å²) in [5.41, 5.74) is 4.00. The monoisotopic (exact) mass is 307 g/mol. The fraction of sp³-hybridized carbons (Fsp3) is 0.158. The average molecular weight is 307 g/mol. The number of para-hydroxylation sites is 1. The highest BCUT2D eigenvalue weighted by Crippen LogP contribution is 2.30. The van der Waals surface area contributed by atoms with E-state index in [1.807, 2.05) is 36.4 Å². The number of hydrogen-bond acceptors (Lipinski definition) is 3. The zero-order chi connectivity index (χ0) is 16.1. The molecule has 0 amide bonds. The van der Waals surface area contributed by atoms with Gasteiger partial charge in [-0.1, -0.05) is 48.5 Å². The molecule has 2 aromatic carbocycles. The summed E-state index contributed by atoms with van der Waals surface area (Å²) in [6.45, 7) is -0.356. The predicted molar refractivity (Wildman–Crippen MR) is 89.7 cm³/mol. The molecule has 0 aliphatic carbocycles. The van der Waals surface area contributed by atoms with Crippen LogP contribution in [0, 0.1) is 0 Å². The second kappa shape index (κ2) is 6.92. The fourth-order valence-corrected chi connectivity index (χ4v) is 2.53. The minimum Gasteiger partial charge on any atom is -0.481 e. The van der Waals surface area contributed by atoms with Gasteiger partial charge in [0.1, 0.15) is 5.75 Å². The van der Waals surface area contributed by atoms with Crippen LogP contribution in [0.5, 0.6) is 5.75 Å². The van der Waals surface area contributed by atoms with Crippen LogP contribution in [0.2, 0.25) is 0 Å². The molecule has 0 fully saturated rings. The van der Waals surface area contributed by atoms with E-state index in [-0.39, 0.29) is 6.61 Å². The summed E-state index contributed by atoms with van der Waals surface area (Å²) in [6, 6.07) is 17.6. The van der Waals surface area contributed by atoms with Gasteiger partial charge in [0.15, 0.2) is 6.61 Å². The molecule has 1 aliphatic rings. The van der Waals surface area contributed by atoms with Gasteiger partial charge in [-0.25, -0.2) is 4.79 Å². The van der Waals surface area contributed by atoms with Gasteiger partial charge in [-0.2, -0.15) is 0 Å². The number of rotatable bonds is 6. The molecule has 116 valence electrons. The first-order valence-corrected chi connectivity index (χ1v) is 7.47. The van der Waals surface area contributed by atoms with Gasteiger partial charge in [-0.3, -0.25) is 4.99 Å². The lowest BCUT2D eigenvalue weighted by Gasteiger charge is -2.09. The molecule has 4 nitrogen and oxygen atoms in total. The lowest BCUT2D eigenvalue weighted by molar-refractivity contribution is -0.139. The number of aliphatic imine (C=N–C) groups is 1. The highest BCUT2D eigenvalue weighted by atomic mass is 16.5. The molecule has 0 unspecified atom stereocenters. The smallest absolute Gasteiger partial charge is 0.341 e. The first kappa shape index (κ1) is 15.0. The quantitative estimate of drug-likeness (QED) is 0.887. The minimum atomic E-state index is -0.992. The normalized spacial score (nSPS) is 13.4. The second-order valence-electron chi connectivity index (χ2n) is 5.31. The molecule has 0 spiro atoms. The van der Waals surface area contributed by atoms with E-state index in [0.29, 0.717) is 5.75 Å². The maximum atomic E-state index is 10.7. The molecule has 0 saturated carbocycles. The van der Waals surface area contributed by atoms with Crippen molar-refractivity contribution in [2.45, 2.75) is 12.8 Å². The SMILES string of the molecule is O=C(O)COc1ccccc1C1=CCC(Cc2ccccc2)=N1. The van der Waals surface area contributed by atoms with Gasteiger partial charge in [-0.05, 0) is 17.7 Å². The Morgan fingerprint density at radius 1 is 1.09 bits per heavy atom. The number of benzene rings is 2. The number of allylic oxidation sites excluding steroid dienone is 1. The first-order chi connectivity index (χ1) is 11.2. The minimum absolute atomic E-state index is 0.356. The van der Waals surface area contributed by atoms with Crippen molar-refractivity contribution in [2.75, 3.05) is 6.61 Å². The summed E-state index contributed by atoms with van der Waals surface area (Å²) < 4.78 is 5.35. The van der Waals surface area contributed by atoms with Crippen LogP contribution in [0.1, 0.15) is 17.5 Å². The van der Waals surface area contributed by atoms with E-state index in [1.54, 1.807) is 6.07 Å². The van der Waals surface area contributed by atoms with Crippen molar-refractivity contribution >= 4 is 17.4 Å². The van der Waals surface area contributed by atoms with Gasteiger partial charge in [0, 0.05) is 24.1 Å². The Labute approximate surface area is 134 Å². The number of carboxylic acid groups (broad SMARTS) is 1. The van der Waals surface area contributed by atoms with E-state index in [1.165, 1.54) is 5.56 Å². The zero-order valence-corrected chi connectivity index (χ0v) is 12.6. The van der Waals surface area contributed by atoms with E-state index < -0.39 is 5.97 Å². The van der Waals surface area contributed by atoms with E-state index in [4.69, 9.17) is 14.8 Å². The Kier molecular flexibility index (Phi) is 4.52. The van der Waals surface area contributed by atoms with Gasteiger partial charge in [0.2, 0.25) is 0 Å². The lowest BCUT2D eigenvalue weighted by atomic mass is 10.1. The third-order valence-corrected chi connectivity index (χ3v) is 3.57. The van der Waals surface area contributed by atoms with Gasteiger partial charge in [0.05, 0.1) is 5.70 Å². The van der Waals surface area contributed by atoms with Crippen LogP contribution < -0.4 is 4.74 Å². The van der Waals surface area contributed by atoms with Crippen molar-refractivity contribution in [3.63, 3.8) is 0 Å². The number of ether oxygens (including phenoxy) is 1. The maximum Gasteiger partial charge on any atom is 0.341 e. The van der Waals surface area contributed by atoms with E-state index in [2.05, 4.69) is 18.2 Å². The molecule has 3 rings (SSSR count). The summed E-state index contributed by atoms with van der Waals surface area (Å²) >= 11 is 0. The first-order valence-electron chi connectivity index (χ1n) is 7.47. The zero-order valence-electron chi connectivity index (χ0n) is 12.6. The van der Waals surface area contributed by atoms with Crippen molar-refractivity contribution in [2.24, 2.45) is 4.99 Å². The van der Waals surface area contributed by atoms with Crippen molar-refractivity contribution in [1.82, 2.24) is 0 Å². The van der Waals surface area contributed by atoms with E-state index in [9.17, 15) is 4.79 Å². The molecule has 0 bridgehead atoms. The molecule has 0 radical (unpaired) electrons. The van der Waals surface area contributed by atoms with Crippen LogP contribution in [0.25, 0.3) is 5.70 Å². The van der Waals surface area contributed by atoms with Crippen LogP contribution in [0.4, 0.5) is 0 Å². The molecule has 2 aromatic rings. The number of carboxylic acids is 1. The second-order valence-corrected chi connectivity index (χ2v) is 5.31. The third kappa shape index (κ3) is 3.86. The Bertz CT molecular complexity index is 763. The molecular formula is C19H17NO3. The van der Waals surface area contributed by atoms with E-state index >= 15 is 0 Å². The fourth-order valence-electron chi connectivity index (χ4n) is 2.53. The summed E-state index contributed by atoms with van der Waals surface area (Å²) in [5.74, 6) is -0.445.